The second kappa shape index (κ2) is 8.06. The highest BCUT2D eigenvalue weighted by Gasteiger charge is 2.24. The van der Waals surface area contributed by atoms with Crippen molar-refractivity contribution in [2.45, 2.75) is 12.8 Å². The molecule has 2 fully saturated rings. The van der Waals surface area contributed by atoms with E-state index in [1.165, 1.54) is 18.5 Å². The van der Waals surface area contributed by atoms with Crippen molar-refractivity contribution in [3.63, 3.8) is 0 Å². The minimum Gasteiger partial charge on any atom is -0.493 e. The standard InChI is InChI=1S/C24H28N8O/c1-29-14-18(13-27-29)22-28-21-23(30(22)2)25-16-26-24(21)32-11-9-31(10-12-32)19-5-7-20(8-6-19)33-15-17-3-4-17/h5-8,13-14,16-17H,3-4,9-12,15H2,1-2H3. The predicted molar refractivity (Wildman–Crippen MR) is 128 cm³/mol. The molecule has 3 aromatic heterocycles. The number of benzene rings is 1. The second-order valence-electron chi connectivity index (χ2n) is 8.99. The normalized spacial score (nSPS) is 16.5. The highest BCUT2D eigenvalue weighted by Crippen LogP contribution is 2.31. The van der Waals surface area contributed by atoms with Crippen LogP contribution < -0.4 is 14.5 Å². The first kappa shape index (κ1) is 20.0. The summed E-state index contributed by atoms with van der Waals surface area (Å²) in [4.78, 5) is 18.8. The molecule has 0 amide bonds. The zero-order valence-electron chi connectivity index (χ0n) is 19.1. The third kappa shape index (κ3) is 3.88. The van der Waals surface area contributed by atoms with Crippen LogP contribution in [0.5, 0.6) is 5.75 Å². The van der Waals surface area contributed by atoms with E-state index < -0.39 is 0 Å². The Morgan fingerprint density at radius 3 is 2.42 bits per heavy atom. The Kier molecular flexibility index (Phi) is 4.89. The fourth-order valence-electron chi connectivity index (χ4n) is 4.44. The monoisotopic (exact) mass is 444 g/mol. The van der Waals surface area contributed by atoms with Gasteiger partial charge in [-0.25, -0.2) is 15.0 Å². The van der Waals surface area contributed by atoms with Crippen molar-refractivity contribution >= 4 is 22.7 Å². The maximum absolute atomic E-state index is 5.88. The fraction of sp³-hybridized carbons (Fsp3) is 0.417. The number of ether oxygens (including phenoxy) is 1. The van der Waals surface area contributed by atoms with Gasteiger partial charge in [-0.05, 0) is 43.0 Å². The number of hydrogen-bond acceptors (Lipinski definition) is 7. The van der Waals surface area contributed by atoms with Gasteiger partial charge in [0.1, 0.15) is 17.9 Å². The smallest absolute Gasteiger partial charge is 0.165 e. The lowest BCUT2D eigenvalue weighted by atomic mass is 10.2. The quantitative estimate of drug-likeness (QED) is 0.453. The second-order valence-corrected chi connectivity index (χ2v) is 8.99. The van der Waals surface area contributed by atoms with E-state index in [4.69, 9.17) is 9.72 Å². The van der Waals surface area contributed by atoms with Crippen molar-refractivity contribution in [3.05, 3.63) is 43.0 Å². The summed E-state index contributed by atoms with van der Waals surface area (Å²) in [5, 5.41) is 4.28. The summed E-state index contributed by atoms with van der Waals surface area (Å²) in [6.07, 6.45) is 8.05. The van der Waals surface area contributed by atoms with Gasteiger partial charge in [0, 0.05) is 52.2 Å². The van der Waals surface area contributed by atoms with Gasteiger partial charge in [-0.15, -0.1) is 0 Å². The van der Waals surface area contributed by atoms with E-state index >= 15 is 0 Å². The Bertz CT molecular complexity index is 1270. The molecule has 2 aliphatic rings. The van der Waals surface area contributed by atoms with Gasteiger partial charge in [-0.3, -0.25) is 4.68 Å². The molecule has 0 bridgehead atoms. The molecule has 1 aliphatic heterocycles. The Morgan fingerprint density at radius 2 is 1.73 bits per heavy atom. The van der Waals surface area contributed by atoms with Crippen molar-refractivity contribution in [2.24, 2.45) is 20.0 Å². The number of nitrogens with zero attached hydrogens (tertiary/aromatic N) is 8. The lowest BCUT2D eigenvalue weighted by Crippen LogP contribution is -2.47. The maximum Gasteiger partial charge on any atom is 0.165 e. The van der Waals surface area contributed by atoms with Crippen LogP contribution in [0.3, 0.4) is 0 Å². The highest BCUT2D eigenvalue weighted by atomic mass is 16.5. The highest BCUT2D eigenvalue weighted by molar-refractivity contribution is 5.86. The van der Waals surface area contributed by atoms with Crippen LogP contribution in [0, 0.1) is 5.92 Å². The third-order valence-corrected chi connectivity index (χ3v) is 6.56. The Hall–Kier alpha value is -3.62. The number of rotatable bonds is 6. The Morgan fingerprint density at radius 1 is 0.970 bits per heavy atom. The maximum atomic E-state index is 5.88. The number of piperazine rings is 1. The molecule has 0 unspecified atom stereocenters. The summed E-state index contributed by atoms with van der Waals surface area (Å²) in [7, 11) is 3.90. The molecule has 9 nitrogen and oxygen atoms in total. The van der Waals surface area contributed by atoms with Crippen molar-refractivity contribution in [2.75, 3.05) is 42.6 Å². The van der Waals surface area contributed by atoms with E-state index in [0.717, 1.165) is 72.8 Å². The molecule has 1 saturated carbocycles. The molecule has 0 spiro atoms. The molecule has 170 valence electrons. The molecule has 4 aromatic rings. The molecule has 9 heteroatoms. The number of anilines is 2. The lowest BCUT2D eigenvalue weighted by molar-refractivity contribution is 0.300. The summed E-state index contributed by atoms with van der Waals surface area (Å²) in [6, 6.07) is 8.51. The number of aryl methyl sites for hydroxylation is 2. The molecule has 0 atom stereocenters. The molecule has 0 N–H and O–H groups in total. The fourth-order valence-corrected chi connectivity index (χ4v) is 4.44. The van der Waals surface area contributed by atoms with Gasteiger partial charge in [0.2, 0.25) is 0 Å². The van der Waals surface area contributed by atoms with Crippen LogP contribution >= 0.6 is 0 Å². The van der Waals surface area contributed by atoms with Crippen molar-refractivity contribution < 1.29 is 4.74 Å². The van der Waals surface area contributed by atoms with Crippen molar-refractivity contribution in [1.29, 1.82) is 0 Å². The van der Waals surface area contributed by atoms with E-state index in [-0.39, 0.29) is 0 Å². The van der Waals surface area contributed by atoms with Gasteiger partial charge < -0.3 is 19.1 Å². The summed E-state index contributed by atoms with van der Waals surface area (Å²) in [5.74, 6) is 3.48. The predicted octanol–water partition coefficient (Wildman–Crippen LogP) is 2.88. The topological polar surface area (TPSA) is 77.1 Å². The molecule has 6 rings (SSSR count). The number of hydrogen-bond donors (Lipinski definition) is 0. The van der Waals surface area contributed by atoms with Crippen LogP contribution in [0.4, 0.5) is 11.5 Å². The molecule has 4 heterocycles. The summed E-state index contributed by atoms with van der Waals surface area (Å²) < 4.78 is 9.68. The van der Waals surface area contributed by atoms with E-state index in [1.807, 2.05) is 31.1 Å². The van der Waals surface area contributed by atoms with E-state index in [0.29, 0.717) is 0 Å². The van der Waals surface area contributed by atoms with Crippen LogP contribution in [0.25, 0.3) is 22.6 Å². The van der Waals surface area contributed by atoms with E-state index in [1.54, 1.807) is 11.0 Å². The van der Waals surface area contributed by atoms with Gasteiger partial charge in [0.25, 0.3) is 0 Å². The van der Waals surface area contributed by atoms with Crippen LogP contribution in [0.2, 0.25) is 0 Å². The summed E-state index contributed by atoms with van der Waals surface area (Å²) >= 11 is 0. The van der Waals surface area contributed by atoms with Gasteiger partial charge in [0.15, 0.2) is 17.0 Å². The van der Waals surface area contributed by atoms with Gasteiger partial charge in [-0.1, -0.05) is 0 Å². The first-order chi connectivity index (χ1) is 16.2. The molecule has 33 heavy (non-hydrogen) atoms. The van der Waals surface area contributed by atoms with Gasteiger partial charge >= 0.3 is 0 Å². The number of aromatic nitrogens is 6. The lowest BCUT2D eigenvalue weighted by Gasteiger charge is -2.36. The van der Waals surface area contributed by atoms with Crippen LogP contribution in [-0.2, 0) is 14.1 Å². The molecule has 1 aromatic carbocycles. The van der Waals surface area contributed by atoms with Gasteiger partial charge in [0.05, 0.1) is 18.4 Å². The third-order valence-electron chi connectivity index (χ3n) is 6.56. The van der Waals surface area contributed by atoms with Crippen molar-refractivity contribution in [3.8, 4) is 17.1 Å². The molecular weight excluding hydrogens is 416 g/mol. The van der Waals surface area contributed by atoms with Crippen LogP contribution in [-0.4, -0.2) is 62.1 Å². The van der Waals surface area contributed by atoms with Gasteiger partial charge in [-0.2, -0.15) is 5.10 Å². The first-order valence-corrected chi connectivity index (χ1v) is 11.5. The number of fused-ring (bicyclic) bond motifs is 1. The average Bonchev–Trinajstić information content (AvgIpc) is 3.49. The molecule has 1 aliphatic carbocycles. The van der Waals surface area contributed by atoms with E-state index in [9.17, 15) is 0 Å². The van der Waals surface area contributed by atoms with Crippen LogP contribution in [0.1, 0.15) is 12.8 Å². The zero-order valence-corrected chi connectivity index (χ0v) is 19.1. The minimum absolute atomic E-state index is 0.769. The SMILES string of the molecule is Cn1cc(-c2nc3c(N4CCN(c5ccc(OCC6CC6)cc5)CC4)ncnc3n2C)cn1. The summed E-state index contributed by atoms with van der Waals surface area (Å²) in [5.41, 5.74) is 3.88. The number of imidazole rings is 1. The van der Waals surface area contributed by atoms with Crippen LogP contribution in [0.15, 0.2) is 43.0 Å². The average molecular weight is 445 g/mol. The zero-order chi connectivity index (χ0) is 22.4. The molecular formula is C24H28N8O. The minimum atomic E-state index is 0.769. The van der Waals surface area contributed by atoms with E-state index in [2.05, 4.69) is 49.1 Å². The largest absolute Gasteiger partial charge is 0.493 e. The molecule has 1 saturated heterocycles. The van der Waals surface area contributed by atoms with Crippen molar-refractivity contribution in [1.82, 2.24) is 29.3 Å². The molecule has 0 radical (unpaired) electrons. The Balaban J connectivity index is 1.17. The summed E-state index contributed by atoms with van der Waals surface area (Å²) in [6.45, 7) is 4.46. The Labute approximate surface area is 192 Å². The first-order valence-electron chi connectivity index (χ1n) is 11.5.